The van der Waals surface area contributed by atoms with Crippen LogP contribution in [0.1, 0.15) is 19.3 Å². The molecule has 1 aliphatic carbocycles. The van der Waals surface area contributed by atoms with Gasteiger partial charge in [-0.1, -0.05) is 18.1 Å². The Hall–Kier alpha value is 0.620. The largest absolute Gasteiger partial charge is 0.309 e. The maximum atomic E-state index is 5.30. The zero-order chi connectivity index (χ0) is 9.03. The van der Waals surface area contributed by atoms with Gasteiger partial charge in [0.15, 0.2) is 0 Å². The second kappa shape index (κ2) is 4.74. The van der Waals surface area contributed by atoms with E-state index >= 15 is 0 Å². The molecule has 1 aliphatic rings. The molecule has 1 saturated carbocycles. The van der Waals surface area contributed by atoms with E-state index in [-0.39, 0.29) is 0 Å². The third-order valence-electron chi connectivity index (χ3n) is 2.48. The maximum absolute atomic E-state index is 5.30. The molecule has 0 aliphatic heterocycles. The average Bonchev–Trinajstić information content (AvgIpc) is 1.94. The minimum absolute atomic E-state index is 0.430. The summed E-state index contributed by atoms with van der Waals surface area (Å²) in [4.78, 5) is 2.24. The lowest BCUT2D eigenvalue weighted by Crippen LogP contribution is -2.42. The Bertz CT molecular complexity index is 137. The lowest BCUT2D eigenvalue weighted by molar-refractivity contribution is 0.0406. The van der Waals surface area contributed by atoms with E-state index in [0.717, 1.165) is 13.2 Å². The normalized spacial score (nSPS) is 21.0. The van der Waals surface area contributed by atoms with Crippen LogP contribution < -0.4 is 0 Å². The molecule has 0 unspecified atom stereocenters. The molecule has 0 aromatic carbocycles. The van der Waals surface area contributed by atoms with E-state index in [1.54, 1.807) is 0 Å². The fraction of sp³-hybridized carbons (Fsp3) is 1.00. The SMILES string of the molecule is CN(C)CC1(COSS)CCC1. The van der Waals surface area contributed by atoms with Crippen molar-refractivity contribution in [3.05, 3.63) is 0 Å². The van der Waals surface area contributed by atoms with Crippen molar-refractivity contribution in [2.24, 2.45) is 5.41 Å². The number of hydrogen-bond acceptors (Lipinski definition) is 4. The molecule has 4 heteroatoms. The lowest BCUT2D eigenvalue weighted by atomic mass is 9.69. The molecule has 0 saturated heterocycles. The molecule has 0 heterocycles. The van der Waals surface area contributed by atoms with Gasteiger partial charge in [0.25, 0.3) is 0 Å². The van der Waals surface area contributed by atoms with E-state index in [4.69, 9.17) is 4.18 Å². The Kier molecular flexibility index (Phi) is 4.23. The van der Waals surface area contributed by atoms with Crippen molar-refractivity contribution in [3.8, 4) is 0 Å². The fourth-order valence-electron chi connectivity index (χ4n) is 1.85. The number of rotatable bonds is 5. The van der Waals surface area contributed by atoms with Crippen LogP contribution in [-0.2, 0) is 4.18 Å². The van der Waals surface area contributed by atoms with Gasteiger partial charge in [-0.2, -0.15) is 0 Å². The summed E-state index contributed by atoms with van der Waals surface area (Å²) in [7, 11) is 4.24. The summed E-state index contributed by atoms with van der Waals surface area (Å²) in [6.45, 7) is 1.99. The van der Waals surface area contributed by atoms with E-state index in [1.165, 1.54) is 30.3 Å². The molecule has 0 amide bonds. The van der Waals surface area contributed by atoms with Crippen molar-refractivity contribution in [2.75, 3.05) is 27.2 Å². The minimum Gasteiger partial charge on any atom is -0.309 e. The first-order valence-electron chi connectivity index (χ1n) is 4.26. The van der Waals surface area contributed by atoms with Crippen molar-refractivity contribution >= 4 is 22.7 Å². The monoisotopic (exact) mass is 207 g/mol. The topological polar surface area (TPSA) is 12.5 Å². The quantitative estimate of drug-likeness (QED) is 0.422. The molecular weight excluding hydrogens is 190 g/mol. The van der Waals surface area contributed by atoms with Crippen LogP contribution >= 0.6 is 22.7 Å². The Morgan fingerprint density at radius 3 is 2.50 bits per heavy atom. The Morgan fingerprint density at radius 2 is 2.17 bits per heavy atom. The molecule has 12 heavy (non-hydrogen) atoms. The molecule has 0 N–H and O–H groups in total. The third kappa shape index (κ3) is 2.83. The summed E-state index contributed by atoms with van der Waals surface area (Å²) in [6, 6.07) is 0. The van der Waals surface area contributed by atoms with Crippen molar-refractivity contribution in [3.63, 3.8) is 0 Å². The second-order valence-electron chi connectivity index (χ2n) is 3.93. The second-order valence-corrected chi connectivity index (χ2v) is 4.76. The molecule has 72 valence electrons. The first-order valence-corrected chi connectivity index (χ1v) is 6.06. The predicted molar refractivity (Wildman–Crippen MR) is 57.4 cm³/mol. The van der Waals surface area contributed by atoms with Gasteiger partial charge in [-0.15, -0.1) is 0 Å². The zero-order valence-electron chi connectivity index (χ0n) is 7.75. The first kappa shape index (κ1) is 10.7. The molecule has 0 bridgehead atoms. The highest BCUT2D eigenvalue weighted by atomic mass is 33.1. The van der Waals surface area contributed by atoms with E-state index in [1.807, 2.05) is 0 Å². The first-order chi connectivity index (χ1) is 5.68. The molecule has 0 aromatic rings. The number of thiol groups is 1. The van der Waals surface area contributed by atoms with E-state index in [2.05, 4.69) is 30.7 Å². The summed E-state index contributed by atoms with van der Waals surface area (Å²) in [5.41, 5.74) is 0.430. The number of hydrogen-bond donors (Lipinski definition) is 1. The van der Waals surface area contributed by atoms with Crippen LogP contribution in [-0.4, -0.2) is 32.1 Å². The van der Waals surface area contributed by atoms with Crippen LogP contribution in [0.4, 0.5) is 0 Å². The van der Waals surface area contributed by atoms with Crippen LogP contribution in [0, 0.1) is 5.41 Å². The van der Waals surface area contributed by atoms with E-state index in [0.29, 0.717) is 5.41 Å². The minimum atomic E-state index is 0.430. The van der Waals surface area contributed by atoms with Crippen LogP contribution in [0.25, 0.3) is 0 Å². The molecule has 1 rings (SSSR count). The van der Waals surface area contributed by atoms with Gasteiger partial charge in [-0.05, 0) is 26.9 Å². The van der Waals surface area contributed by atoms with Crippen molar-refractivity contribution in [1.82, 2.24) is 4.90 Å². The van der Waals surface area contributed by atoms with Crippen LogP contribution in [0.3, 0.4) is 0 Å². The zero-order valence-corrected chi connectivity index (χ0v) is 9.46. The highest BCUT2D eigenvalue weighted by Crippen LogP contribution is 2.42. The third-order valence-corrected chi connectivity index (χ3v) is 3.02. The van der Waals surface area contributed by atoms with Gasteiger partial charge in [0.05, 0.1) is 17.7 Å². The van der Waals surface area contributed by atoms with Gasteiger partial charge < -0.3 is 9.08 Å². The highest BCUT2D eigenvalue weighted by Gasteiger charge is 2.37. The van der Waals surface area contributed by atoms with Crippen molar-refractivity contribution < 1.29 is 4.18 Å². The van der Waals surface area contributed by atoms with Gasteiger partial charge in [-0.3, -0.25) is 0 Å². The Balaban J connectivity index is 2.29. The molecule has 2 nitrogen and oxygen atoms in total. The average molecular weight is 207 g/mol. The van der Waals surface area contributed by atoms with Gasteiger partial charge in [0.1, 0.15) is 0 Å². The van der Waals surface area contributed by atoms with Crippen molar-refractivity contribution in [2.45, 2.75) is 19.3 Å². The van der Waals surface area contributed by atoms with Crippen LogP contribution in [0.2, 0.25) is 0 Å². The van der Waals surface area contributed by atoms with Gasteiger partial charge >= 0.3 is 0 Å². The summed E-state index contributed by atoms with van der Waals surface area (Å²) >= 11 is 5.15. The molecule has 0 spiro atoms. The molecule has 1 fully saturated rings. The summed E-state index contributed by atoms with van der Waals surface area (Å²) < 4.78 is 5.30. The lowest BCUT2D eigenvalue weighted by Gasteiger charge is -2.42. The fourth-order valence-corrected chi connectivity index (χ4v) is 2.31. The van der Waals surface area contributed by atoms with Crippen LogP contribution in [0.5, 0.6) is 0 Å². The summed E-state index contributed by atoms with van der Waals surface area (Å²) in [5, 5.41) is 0. The Morgan fingerprint density at radius 1 is 1.50 bits per heavy atom. The molecule has 0 radical (unpaired) electrons. The molecule has 0 atom stereocenters. The van der Waals surface area contributed by atoms with Crippen LogP contribution in [0.15, 0.2) is 0 Å². The predicted octanol–water partition coefficient (Wildman–Crippen LogP) is 2.23. The van der Waals surface area contributed by atoms with Gasteiger partial charge in [0, 0.05) is 12.0 Å². The smallest absolute Gasteiger partial charge is 0.0692 e. The standard InChI is InChI=1S/C8H17NOS2/c1-9(2)6-8(4-3-5-8)7-10-12-11/h11H,3-7H2,1-2H3. The van der Waals surface area contributed by atoms with E-state index in [9.17, 15) is 0 Å². The maximum Gasteiger partial charge on any atom is 0.0692 e. The number of nitrogens with zero attached hydrogens (tertiary/aromatic N) is 1. The molecular formula is C8H17NOS2. The summed E-state index contributed by atoms with van der Waals surface area (Å²) in [6.07, 6.45) is 3.97. The highest BCUT2D eigenvalue weighted by molar-refractivity contribution is 8.66. The molecule has 0 aromatic heterocycles. The van der Waals surface area contributed by atoms with Gasteiger partial charge in [-0.25, -0.2) is 0 Å². The Labute approximate surface area is 84.0 Å². The van der Waals surface area contributed by atoms with Crippen molar-refractivity contribution in [1.29, 1.82) is 0 Å². The van der Waals surface area contributed by atoms with Gasteiger partial charge in [0.2, 0.25) is 0 Å². The summed E-state index contributed by atoms with van der Waals surface area (Å²) in [5.74, 6) is 0. The van der Waals surface area contributed by atoms with E-state index < -0.39 is 0 Å².